The first-order chi connectivity index (χ1) is 11.5. The van der Waals surface area contributed by atoms with Gasteiger partial charge in [-0.1, -0.05) is 16.8 Å². The smallest absolute Gasteiger partial charge is 0.315 e. The monoisotopic (exact) mass is 346 g/mol. The number of hydrogen-bond acceptors (Lipinski definition) is 6. The maximum absolute atomic E-state index is 11.9. The Morgan fingerprint density at radius 3 is 2.71 bits per heavy atom. The lowest BCUT2D eigenvalue weighted by atomic mass is 10.4. The minimum atomic E-state index is -0.858. The van der Waals surface area contributed by atoms with E-state index >= 15 is 0 Å². The molecular formula is C13H11ClN8O2. The molecule has 0 saturated heterocycles. The second-order valence-corrected chi connectivity index (χ2v) is 5.04. The molecule has 0 bridgehead atoms. The second kappa shape index (κ2) is 6.46. The van der Waals surface area contributed by atoms with Crippen molar-refractivity contribution in [2.24, 2.45) is 7.05 Å². The number of hydrogen-bond donors (Lipinski definition) is 2. The first-order valence-corrected chi connectivity index (χ1v) is 7.05. The maximum Gasteiger partial charge on any atom is 0.315 e. The van der Waals surface area contributed by atoms with Gasteiger partial charge < -0.3 is 10.6 Å². The van der Waals surface area contributed by atoms with E-state index < -0.39 is 11.8 Å². The minimum absolute atomic E-state index is 0.297. The molecule has 0 aromatic carbocycles. The van der Waals surface area contributed by atoms with Gasteiger partial charge in [0.2, 0.25) is 0 Å². The first kappa shape index (κ1) is 15.6. The van der Waals surface area contributed by atoms with E-state index in [0.29, 0.717) is 22.3 Å². The summed E-state index contributed by atoms with van der Waals surface area (Å²) in [7, 11) is 1.58. The molecule has 3 aromatic heterocycles. The number of carbonyl (C=O) groups is 2. The van der Waals surface area contributed by atoms with Gasteiger partial charge in [0.15, 0.2) is 11.6 Å². The quantitative estimate of drug-likeness (QED) is 0.671. The zero-order valence-electron chi connectivity index (χ0n) is 12.3. The fraction of sp³-hybridized carbons (Fsp3) is 0.0769. The van der Waals surface area contributed by atoms with Crippen LogP contribution in [0.5, 0.6) is 0 Å². The summed E-state index contributed by atoms with van der Waals surface area (Å²) in [5.74, 6) is -1.01. The van der Waals surface area contributed by atoms with Gasteiger partial charge in [-0.2, -0.15) is 5.10 Å². The van der Waals surface area contributed by atoms with Gasteiger partial charge in [-0.25, -0.2) is 14.3 Å². The topological polar surface area (TPSA) is 120 Å². The summed E-state index contributed by atoms with van der Waals surface area (Å²) in [5, 5.41) is 16.5. The average molecular weight is 347 g/mol. The zero-order valence-corrected chi connectivity index (χ0v) is 13.1. The van der Waals surface area contributed by atoms with Crippen LogP contribution in [0.1, 0.15) is 0 Å². The van der Waals surface area contributed by atoms with Gasteiger partial charge in [0.1, 0.15) is 0 Å². The number of amides is 2. The Morgan fingerprint density at radius 2 is 2.00 bits per heavy atom. The number of nitrogens with zero attached hydrogens (tertiary/aromatic N) is 6. The molecule has 24 heavy (non-hydrogen) atoms. The summed E-state index contributed by atoms with van der Waals surface area (Å²) in [6.07, 6.45) is 5.76. The molecule has 0 saturated carbocycles. The Hall–Kier alpha value is -3.27. The van der Waals surface area contributed by atoms with Crippen LogP contribution in [0.4, 0.5) is 11.5 Å². The largest absolute Gasteiger partial charge is 0.315 e. The third-order valence-electron chi connectivity index (χ3n) is 2.96. The molecule has 0 fully saturated rings. The Balaban J connectivity index is 1.68. The van der Waals surface area contributed by atoms with Crippen molar-refractivity contribution >= 4 is 34.9 Å². The molecule has 122 valence electrons. The molecule has 3 rings (SSSR count). The Labute approximate surface area is 140 Å². The standard InChI is InChI=1S/C13H11ClN8O2/c1-21-10(6-16-20-21)19-13(24)12(23)18-8-5-17-22(7-8)11-9(14)3-2-4-15-11/h2-7H,1H3,(H,18,23)(H,19,24). The maximum atomic E-state index is 11.9. The number of anilines is 2. The van der Waals surface area contributed by atoms with Gasteiger partial charge in [-0.15, -0.1) is 5.10 Å². The van der Waals surface area contributed by atoms with Crippen LogP contribution in [0, 0.1) is 0 Å². The summed E-state index contributed by atoms with van der Waals surface area (Å²) in [6.45, 7) is 0. The minimum Gasteiger partial charge on any atom is -0.315 e. The Kier molecular flexibility index (Phi) is 4.20. The highest BCUT2D eigenvalue weighted by molar-refractivity contribution is 6.43. The summed E-state index contributed by atoms with van der Waals surface area (Å²) in [6, 6.07) is 3.36. The molecule has 0 atom stereocenters. The predicted molar refractivity (Wildman–Crippen MR) is 84.6 cm³/mol. The average Bonchev–Trinajstić information content (AvgIpc) is 3.17. The van der Waals surface area contributed by atoms with Crippen molar-refractivity contribution in [1.29, 1.82) is 0 Å². The van der Waals surface area contributed by atoms with Crippen molar-refractivity contribution in [2.75, 3.05) is 10.6 Å². The van der Waals surface area contributed by atoms with E-state index in [1.165, 1.54) is 28.0 Å². The first-order valence-electron chi connectivity index (χ1n) is 6.67. The van der Waals surface area contributed by atoms with E-state index in [-0.39, 0.29) is 0 Å². The molecule has 10 nitrogen and oxygen atoms in total. The molecule has 0 aliphatic rings. The Bertz CT molecular complexity index is 903. The molecule has 0 spiro atoms. The summed E-state index contributed by atoms with van der Waals surface area (Å²) < 4.78 is 2.72. The molecule has 3 aromatic rings. The number of carbonyl (C=O) groups excluding carboxylic acids is 2. The van der Waals surface area contributed by atoms with Crippen LogP contribution in [0.3, 0.4) is 0 Å². The van der Waals surface area contributed by atoms with Crippen molar-refractivity contribution in [3.05, 3.63) is 41.9 Å². The van der Waals surface area contributed by atoms with Crippen LogP contribution in [0.25, 0.3) is 5.82 Å². The third kappa shape index (κ3) is 3.22. The molecule has 2 N–H and O–H groups in total. The van der Waals surface area contributed by atoms with E-state index in [1.54, 1.807) is 25.4 Å². The number of halogens is 1. The lowest BCUT2D eigenvalue weighted by molar-refractivity contribution is -0.133. The normalized spacial score (nSPS) is 10.4. The number of pyridine rings is 1. The van der Waals surface area contributed by atoms with Gasteiger partial charge in [-0.05, 0) is 12.1 Å². The molecule has 11 heteroatoms. The van der Waals surface area contributed by atoms with Crippen molar-refractivity contribution < 1.29 is 9.59 Å². The molecule has 0 aliphatic carbocycles. The lowest BCUT2D eigenvalue weighted by Gasteiger charge is -2.04. The summed E-state index contributed by atoms with van der Waals surface area (Å²) >= 11 is 6.03. The highest BCUT2D eigenvalue weighted by Crippen LogP contribution is 2.18. The van der Waals surface area contributed by atoms with Crippen LogP contribution in [0.2, 0.25) is 5.02 Å². The van der Waals surface area contributed by atoms with E-state index in [4.69, 9.17) is 11.6 Å². The number of aromatic nitrogens is 6. The lowest BCUT2D eigenvalue weighted by Crippen LogP contribution is -2.29. The third-order valence-corrected chi connectivity index (χ3v) is 3.25. The van der Waals surface area contributed by atoms with Gasteiger partial charge in [-0.3, -0.25) is 9.59 Å². The fourth-order valence-corrected chi connectivity index (χ4v) is 2.02. The van der Waals surface area contributed by atoms with Crippen molar-refractivity contribution in [2.45, 2.75) is 0 Å². The van der Waals surface area contributed by atoms with E-state index in [2.05, 4.69) is 31.0 Å². The molecule has 0 unspecified atom stereocenters. The zero-order chi connectivity index (χ0) is 17.1. The van der Waals surface area contributed by atoms with E-state index in [1.807, 2.05) is 0 Å². The molecule has 0 radical (unpaired) electrons. The van der Waals surface area contributed by atoms with Crippen molar-refractivity contribution in [3.8, 4) is 5.82 Å². The number of rotatable bonds is 3. The van der Waals surface area contributed by atoms with Crippen LogP contribution >= 0.6 is 11.6 Å². The SMILES string of the molecule is Cn1nncc1NC(=O)C(=O)Nc1cnn(-c2ncccc2Cl)c1. The van der Waals surface area contributed by atoms with E-state index in [0.717, 1.165) is 0 Å². The highest BCUT2D eigenvalue weighted by Gasteiger charge is 2.17. The van der Waals surface area contributed by atoms with Gasteiger partial charge >= 0.3 is 11.8 Å². The van der Waals surface area contributed by atoms with Crippen LogP contribution in [-0.2, 0) is 16.6 Å². The Morgan fingerprint density at radius 1 is 1.21 bits per heavy atom. The molecule has 2 amide bonds. The molecule has 0 aliphatic heterocycles. The summed E-state index contributed by atoms with van der Waals surface area (Å²) in [5.41, 5.74) is 0.319. The van der Waals surface area contributed by atoms with Gasteiger partial charge in [0.05, 0.1) is 29.3 Å². The fourth-order valence-electron chi connectivity index (χ4n) is 1.81. The number of aryl methyl sites for hydroxylation is 1. The second-order valence-electron chi connectivity index (χ2n) is 4.63. The van der Waals surface area contributed by atoms with Crippen LogP contribution in [0.15, 0.2) is 36.9 Å². The predicted octanol–water partition coefficient (Wildman–Crippen LogP) is 0.626. The number of nitrogens with one attached hydrogen (secondary N) is 2. The van der Waals surface area contributed by atoms with Gasteiger partial charge in [0.25, 0.3) is 0 Å². The van der Waals surface area contributed by atoms with Crippen molar-refractivity contribution in [1.82, 2.24) is 29.8 Å². The summed E-state index contributed by atoms with van der Waals surface area (Å²) in [4.78, 5) is 27.9. The molecule has 3 heterocycles. The van der Waals surface area contributed by atoms with Crippen LogP contribution in [-0.4, -0.2) is 41.6 Å². The van der Waals surface area contributed by atoms with Gasteiger partial charge in [0, 0.05) is 13.2 Å². The molecular weight excluding hydrogens is 336 g/mol. The highest BCUT2D eigenvalue weighted by atomic mass is 35.5. The van der Waals surface area contributed by atoms with Crippen molar-refractivity contribution in [3.63, 3.8) is 0 Å². The van der Waals surface area contributed by atoms with E-state index in [9.17, 15) is 9.59 Å². The van der Waals surface area contributed by atoms with Crippen LogP contribution < -0.4 is 10.6 Å².